The lowest BCUT2D eigenvalue weighted by molar-refractivity contribution is -0.145. The summed E-state index contributed by atoms with van der Waals surface area (Å²) in [6.45, 7) is 5.44. The van der Waals surface area contributed by atoms with Gasteiger partial charge in [0.25, 0.3) is 0 Å². The van der Waals surface area contributed by atoms with E-state index in [-0.39, 0.29) is 11.9 Å². The van der Waals surface area contributed by atoms with Crippen LogP contribution in [-0.4, -0.2) is 36.6 Å². The number of aromatic nitrogens is 1. The molecule has 0 unspecified atom stereocenters. The molecule has 5 heteroatoms. The predicted octanol–water partition coefficient (Wildman–Crippen LogP) is 1.95. The van der Waals surface area contributed by atoms with E-state index in [1.54, 1.807) is 11.3 Å². The average Bonchev–Trinajstić information content (AvgIpc) is 2.75. The van der Waals surface area contributed by atoms with Gasteiger partial charge >= 0.3 is 5.97 Å². The SMILES string of the molecule is CCc1nc(CN(C)C[C@@H](C)C(=O)OC)cs1. The average molecular weight is 256 g/mol. The number of carbonyl (C=O) groups is 1. The number of thiazole rings is 1. The second-order valence-corrected chi connectivity index (χ2v) is 5.15. The summed E-state index contributed by atoms with van der Waals surface area (Å²) in [6.07, 6.45) is 0.979. The number of aryl methyl sites for hydroxylation is 1. The molecular weight excluding hydrogens is 236 g/mol. The maximum absolute atomic E-state index is 11.3. The number of hydrogen-bond donors (Lipinski definition) is 0. The van der Waals surface area contributed by atoms with Gasteiger partial charge in [-0.1, -0.05) is 13.8 Å². The van der Waals surface area contributed by atoms with Crippen molar-refractivity contribution >= 4 is 17.3 Å². The standard InChI is InChI=1S/C12H20N2O2S/c1-5-11-13-10(8-17-11)7-14(3)6-9(2)12(15)16-4/h8-9H,5-7H2,1-4H3/t9-/m1/s1. The van der Waals surface area contributed by atoms with Gasteiger partial charge in [0.05, 0.1) is 23.7 Å². The fourth-order valence-corrected chi connectivity index (χ4v) is 2.40. The van der Waals surface area contributed by atoms with Gasteiger partial charge in [0, 0.05) is 18.5 Å². The first-order valence-corrected chi connectivity index (χ1v) is 6.64. The number of methoxy groups -OCH3 is 1. The van der Waals surface area contributed by atoms with Gasteiger partial charge in [0.15, 0.2) is 0 Å². The van der Waals surface area contributed by atoms with Gasteiger partial charge in [0.1, 0.15) is 0 Å². The van der Waals surface area contributed by atoms with E-state index in [1.807, 2.05) is 14.0 Å². The zero-order chi connectivity index (χ0) is 12.8. The van der Waals surface area contributed by atoms with E-state index in [0.29, 0.717) is 6.54 Å². The molecule has 0 saturated carbocycles. The summed E-state index contributed by atoms with van der Waals surface area (Å²) in [7, 11) is 3.41. The zero-order valence-electron chi connectivity index (χ0n) is 10.9. The molecule has 1 atom stereocenters. The number of carbonyl (C=O) groups excluding carboxylic acids is 1. The summed E-state index contributed by atoms with van der Waals surface area (Å²) in [5.74, 6) is -0.265. The van der Waals surface area contributed by atoms with E-state index in [1.165, 1.54) is 7.11 Å². The lowest BCUT2D eigenvalue weighted by Crippen LogP contribution is -2.29. The Bertz CT molecular complexity index is 365. The highest BCUT2D eigenvalue weighted by molar-refractivity contribution is 7.09. The first kappa shape index (κ1) is 14.1. The topological polar surface area (TPSA) is 42.4 Å². The van der Waals surface area contributed by atoms with Gasteiger partial charge in [-0.2, -0.15) is 0 Å². The molecule has 1 aromatic heterocycles. The molecule has 0 amide bonds. The van der Waals surface area contributed by atoms with Crippen LogP contribution in [-0.2, 0) is 22.5 Å². The Labute approximate surface area is 107 Å². The second-order valence-electron chi connectivity index (χ2n) is 4.21. The molecule has 0 N–H and O–H groups in total. The molecule has 1 heterocycles. The summed E-state index contributed by atoms with van der Waals surface area (Å²) >= 11 is 1.69. The Morgan fingerprint density at radius 1 is 1.65 bits per heavy atom. The first-order chi connectivity index (χ1) is 8.06. The molecule has 0 aromatic carbocycles. The Balaban J connectivity index is 2.43. The Morgan fingerprint density at radius 2 is 2.35 bits per heavy atom. The van der Waals surface area contributed by atoms with Crippen molar-refractivity contribution < 1.29 is 9.53 Å². The summed E-state index contributed by atoms with van der Waals surface area (Å²) in [5, 5.41) is 3.24. The van der Waals surface area contributed by atoms with Crippen LogP contribution in [0, 0.1) is 5.92 Å². The van der Waals surface area contributed by atoms with Gasteiger partial charge in [-0.05, 0) is 13.5 Å². The minimum atomic E-state index is -0.163. The third-order valence-corrected chi connectivity index (χ3v) is 3.56. The van der Waals surface area contributed by atoms with E-state index in [0.717, 1.165) is 23.7 Å². The lowest BCUT2D eigenvalue weighted by atomic mass is 10.2. The van der Waals surface area contributed by atoms with E-state index < -0.39 is 0 Å². The first-order valence-electron chi connectivity index (χ1n) is 5.76. The molecule has 0 aliphatic rings. The summed E-state index contributed by atoms with van der Waals surface area (Å²) in [5.41, 5.74) is 1.08. The largest absolute Gasteiger partial charge is 0.469 e. The normalized spacial score (nSPS) is 12.8. The summed E-state index contributed by atoms with van der Waals surface area (Å²) in [6, 6.07) is 0. The fourth-order valence-electron chi connectivity index (χ4n) is 1.67. The smallest absolute Gasteiger partial charge is 0.309 e. The molecule has 1 aromatic rings. The fraction of sp³-hybridized carbons (Fsp3) is 0.667. The van der Waals surface area contributed by atoms with Crippen LogP contribution in [0.4, 0.5) is 0 Å². The molecule has 1 rings (SSSR count). The van der Waals surface area contributed by atoms with Crippen LogP contribution in [0.5, 0.6) is 0 Å². The maximum Gasteiger partial charge on any atom is 0.309 e. The van der Waals surface area contributed by atoms with Gasteiger partial charge in [-0.15, -0.1) is 11.3 Å². The molecule has 0 spiro atoms. The van der Waals surface area contributed by atoms with Crippen LogP contribution >= 0.6 is 11.3 Å². The number of hydrogen-bond acceptors (Lipinski definition) is 5. The van der Waals surface area contributed by atoms with Gasteiger partial charge < -0.3 is 4.74 Å². The zero-order valence-corrected chi connectivity index (χ0v) is 11.7. The van der Waals surface area contributed by atoms with Gasteiger partial charge in [-0.25, -0.2) is 4.98 Å². The highest BCUT2D eigenvalue weighted by atomic mass is 32.1. The van der Waals surface area contributed by atoms with Crippen molar-refractivity contribution in [2.45, 2.75) is 26.8 Å². The molecule has 0 bridgehead atoms. The highest BCUT2D eigenvalue weighted by Gasteiger charge is 2.16. The molecular formula is C12H20N2O2S. The van der Waals surface area contributed by atoms with Crippen LogP contribution in [0.25, 0.3) is 0 Å². The number of rotatable bonds is 6. The number of ether oxygens (including phenoxy) is 1. The third kappa shape index (κ3) is 4.44. The molecule has 17 heavy (non-hydrogen) atoms. The molecule has 0 saturated heterocycles. The van der Waals surface area contributed by atoms with Crippen LogP contribution in [0.1, 0.15) is 24.5 Å². The van der Waals surface area contributed by atoms with Crippen molar-refractivity contribution in [2.75, 3.05) is 20.7 Å². The Kier molecular flexibility index (Phi) is 5.58. The molecule has 0 aliphatic carbocycles. The van der Waals surface area contributed by atoms with Crippen molar-refractivity contribution in [3.63, 3.8) is 0 Å². The van der Waals surface area contributed by atoms with E-state index in [4.69, 9.17) is 4.74 Å². The van der Waals surface area contributed by atoms with Gasteiger partial charge in [0.2, 0.25) is 0 Å². The monoisotopic (exact) mass is 256 g/mol. The number of nitrogens with zero attached hydrogens (tertiary/aromatic N) is 2. The van der Waals surface area contributed by atoms with Gasteiger partial charge in [-0.3, -0.25) is 9.69 Å². The van der Waals surface area contributed by atoms with E-state index >= 15 is 0 Å². The van der Waals surface area contributed by atoms with Crippen molar-refractivity contribution in [3.8, 4) is 0 Å². The third-order valence-electron chi connectivity index (χ3n) is 2.52. The minimum absolute atomic E-state index is 0.103. The second kappa shape index (κ2) is 6.71. The lowest BCUT2D eigenvalue weighted by Gasteiger charge is -2.18. The summed E-state index contributed by atoms with van der Waals surface area (Å²) < 4.78 is 4.71. The van der Waals surface area contributed by atoms with Crippen LogP contribution in [0.3, 0.4) is 0 Å². The minimum Gasteiger partial charge on any atom is -0.469 e. The van der Waals surface area contributed by atoms with Crippen LogP contribution in [0.15, 0.2) is 5.38 Å². The molecule has 4 nitrogen and oxygen atoms in total. The molecule has 96 valence electrons. The quantitative estimate of drug-likeness (QED) is 0.730. The van der Waals surface area contributed by atoms with E-state index in [9.17, 15) is 4.79 Å². The number of esters is 1. The predicted molar refractivity (Wildman–Crippen MR) is 69.0 cm³/mol. The Morgan fingerprint density at radius 3 is 2.88 bits per heavy atom. The highest BCUT2D eigenvalue weighted by Crippen LogP contribution is 2.12. The van der Waals surface area contributed by atoms with Crippen molar-refractivity contribution in [3.05, 3.63) is 16.1 Å². The Hall–Kier alpha value is -0.940. The van der Waals surface area contributed by atoms with Crippen molar-refractivity contribution in [2.24, 2.45) is 5.92 Å². The molecule has 0 fully saturated rings. The molecule has 0 radical (unpaired) electrons. The maximum atomic E-state index is 11.3. The van der Waals surface area contributed by atoms with Crippen molar-refractivity contribution in [1.29, 1.82) is 0 Å². The van der Waals surface area contributed by atoms with Crippen LogP contribution in [0.2, 0.25) is 0 Å². The van der Waals surface area contributed by atoms with Crippen LogP contribution < -0.4 is 0 Å². The summed E-state index contributed by atoms with van der Waals surface area (Å²) in [4.78, 5) is 17.9. The van der Waals surface area contributed by atoms with Crippen molar-refractivity contribution in [1.82, 2.24) is 9.88 Å². The molecule has 0 aliphatic heterocycles. The van der Waals surface area contributed by atoms with E-state index in [2.05, 4.69) is 22.2 Å².